The molecular formula is C11H20N2O4. The van der Waals surface area contributed by atoms with Crippen LogP contribution in [0.15, 0.2) is 0 Å². The number of ether oxygens (including phenoxy) is 1. The lowest BCUT2D eigenvalue weighted by Gasteiger charge is -2.40. The molecule has 6 heteroatoms. The molecule has 17 heavy (non-hydrogen) atoms. The molecule has 1 fully saturated rings. The smallest absolute Gasteiger partial charge is 0.410 e. The standard InChI is InChI=1S/C11H20N2O4/c1-11(2,3)17-10(16)13-5-7(6-13)4-8(12)9(14)15/h7-8H,4-6,12H2,1-3H3,(H,14,15)/t8-/m0/s1. The fourth-order valence-corrected chi connectivity index (χ4v) is 1.65. The summed E-state index contributed by atoms with van der Waals surface area (Å²) in [5, 5.41) is 8.65. The summed E-state index contributed by atoms with van der Waals surface area (Å²) in [4.78, 5) is 23.7. The highest BCUT2D eigenvalue weighted by atomic mass is 16.6. The van der Waals surface area contributed by atoms with Crippen molar-refractivity contribution < 1.29 is 19.4 Å². The summed E-state index contributed by atoms with van der Waals surface area (Å²) in [5.74, 6) is -0.839. The van der Waals surface area contributed by atoms with Crippen LogP contribution in [0.25, 0.3) is 0 Å². The molecule has 0 radical (unpaired) electrons. The summed E-state index contributed by atoms with van der Waals surface area (Å²) < 4.78 is 5.18. The van der Waals surface area contributed by atoms with E-state index in [1.807, 2.05) is 20.8 Å². The Labute approximate surface area is 101 Å². The molecule has 0 bridgehead atoms. The van der Waals surface area contributed by atoms with Crippen molar-refractivity contribution in [2.24, 2.45) is 11.7 Å². The van der Waals surface area contributed by atoms with Gasteiger partial charge < -0.3 is 20.5 Å². The number of amides is 1. The van der Waals surface area contributed by atoms with Crippen LogP contribution in [0.5, 0.6) is 0 Å². The van der Waals surface area contributed by atoms with E-state index in [1.165, 1.54) is 0 Å². The van der Waals surface area contributed by atoms with Crippen molar-refractivity contribution in [1.29, 1.82) is 0 Å². The van der Waals surface area contributed by atoms with Crippen LogP contribution >= 0.6 is 0 Å². The lowest BCUT2D eigenvalue weighted by molar-refractivity contribution is -0.139. The topological polar surface area (TPSA) is 92.9 Å². The van der Waals surface area contributed by atoms with Crippen LogP contribution in [-0.4, -0.2) is 46.8 Å². The Morgan fingerprint density at radius 2 is 2.00 bits per heavy atom. The van der Waals surface area contributed by atoms with Crippen molar-refractivity contribution in [2.75, 3.05) is 13.1 Å². The summed E-state index contributed by atoms with van der Waals surface area (Å²) in [7, 11) is 0. The monoisotopic (exact) mass is 244 g/mol. The molecule has 0 spiro atoms. The van der Waals surface area contributed by atoms with E-state index < -0.39 is 17.6 Å². The second-order valence-electron chi connectivity index (χ2n) is 5.43. The van der Waals surface area contributed by atoms with E-state index in [0.29, 0.717) is 19.5 Å². The molecule has 1 amide bonds. The number of carbonyl (C=O) groups excluding carboxylic acids is 1. The zero-order chi connectivity index (χ0) is 13.2. The molecule has 1 aliphatic heterocycles. The molecule has 0 aliphatic carbocycles. The molecule has 0 saturated carbocycles. The van der Waals surface area contributed by atoms with E-state index in [-0.39, 0.29) is 12.0 Å². The number of aliphatic carboxylic acids is 1. The number of nitrogens with two attached hydrogens (primary N) is 1. The Morgan fingerprint density at radius 3 is 2.41 bits per heavy atom. The van der Waals surface area contributed by atoms with Gasteiger partial charge in [-0.15, -0.1) is 0 Å². The Morgan fingerprint density at radius 1 is 1.47 bits per heavy atom. The molecule has 6 nitrogen and oxygen atoms in total. The van der Waals surface area contributed by atoms with E-state index in [9.17, 15) is 9.59 Å². The van der Waals surface area contributed by atoms with Gasteiger partial charge in [0.1, 0.15) is 11.6 Å². The summed E-state index contributed by atoms with van der Waals surface area (Å²) >= 11 is 0. The SMILES string of the molecule is CC(C)(C)OC(=O)N1CC(C[C@H](N)C(=O)O)C1. The maximum absolute atomic E-state index is 11.6. The second-order valence-corrected chi connectivity index (χ2v) is 5.43. The van der Waals surface area contributed by atoms with Gasteiger partial charge in [0.05, 0.1) is 0 Å². The lowest BCUT2D eigenvalue weighted by Crippen LogP contribution is -2.53. The van der Waals surface area contributed by atoms with Crippen LogP contribution in [0.4, 0.5) is 4.79 Å². The fraction of sp³-hybridized carbons (Fsp3) is 0.818. The van der Waals surface area contributed by atoms with Gasteiger partial charge in [-0.3, -0.25) is 4.79 Å². The van der Waals surface area contributed by atoms with Gasteiger partial charge in [0.25, 0.3) is 0 Å². The summed E-state index contributed by atoms with van der Waals surface area (Å²) in [6, 6.07) is -0.846. The molecule has 0 aromatic heterocycles. The summed E-state index contributed by atoms with van der Waals surface area (Å²) in [5.41, 5.74) is 4.92. The normalized spacial score (nSPS) is 18.5. The number of likely N-dealkylation sites (tertiary alicyclic amines) is 1. The molecule has 3 N–H and O–H groups in total. The van der Waals surface area contributed by atoms with Gasteiger partial charge in [0.15, 0.2) is 0 Å². The van der Waals surface area contributed by atoms with Crippen LogP contribution in [-0.2, 0) is 9.53 Å². The number of hydrogen-bond acceptors (Lipinski definition) is 4. The van der Waals surface area contributed by atoms with Crippen LogP contribution in [0.1, 0.15) is 27.2 Å². The van der Waals surface area contributed by atoms with Gasteiger partial charge >= 0.3 is 12.1 Å². The van der Waals surface area contributed by atoms with Gasteiger partial charge in [0.2, 0.25) is 0 Å². The van der Waals surface area contributed by atoms with Crippen molar-refractivity contribution >= 4 is 12.1 Å². The minimum atomic E-state index is -0.999. The van der Waals surface area contributed by atoms with Crippen LogP contribution in [0, 0.1) is 5.92 Å². The van der Waals surface area contributed by atoms with Gasteiger partial charge in [-0.2, -0.15) is 0 Å². The van der Waals surface area contributed by atoms with Crippen molar-refractivity contribution in [3.8, 4) is 0 Å². The largest absolute Gasteiger partial charge is 0.480 e. The highest BCUT2D eigenvalue weighted by Crippen LogP contribution is 2.22. The minimum Gasteiger partial charge on any atom is -0.480 e. The van der Waals surface area contributed by atoms with Crippen LogP contribution in [0.3, 0.4) is 0 Å². The predicted octanol–water partition coefficient (Wildman–Crippen LogP) is 0.655. The van der Waals surface area contributed by atoms with Crippen molar-refractivity contribution in [1.82, 2.24) is 4.90 Å². The molecule has 1 rings (SSSR count). The van der Waals surface area contributed by atoms with Gasteiger partial charge in [-0.1, -0.05) is 0 Å². The van der Waals surface area contributed by atoms with Gasteiger partial charge in [-0.25, -0.2) is 4.79 Å². The molecule has 1 aliphatic rings. The van der Waals surface area contributed by atoms with E-state index in [2.05, 4.69) is 0 Å². The second kappa shape index (κ2) is 4.91. The summed E-state index contributed by atoms with van der Waals surface area (Å²) in [6.07, 6.45) is 0.0481. The van der Waals surface area contributed by atoms with E-state index in [0.717, 1.165) is 0 Å². The van der Waals surface area contributed by atoms with E-state index in [4.69, 9.17) is 15.6 Å². The predicted molar refractivity (Wildman–Crippen MR) is 61.5 cm³/mol. The fourth-order valence-electron chi connectivity index (χ4n) is 1.65. The number of hydrogen-bond donors (Lipinski definition) is 2. The first-order valence-electron chi connectivity index (χ1n) is 5.65. The molecule has 1 saturated heterocycles. The quantitative estimate of drug-likeness (QED) is 0.760. The van der Waals surface area contributed by atoms with Gasteiger partial charge in [-0.05, 0) is 33.1 Å². The molecule has 0 aromatic carbocycles. The number of rotatable bonds is 3. The molecule has 1 atom stereocenters. The van der Waals surface area contributed by atoms with Crippen LogP contribution in [0.2, 0.25) is 0 Å². The molecule has 0 unspecified atom stereocenters. The maximum Gasteiger partial charge on any atom is 0.410 e. The highest BCUT2D eigenvalue weighted by Gasteiger charge is 2.35. The molecular weight excluding hydrogens is 224 g/mol. The van der Waals surface area contributed by atoms with Crippen molar-refractivity contribution in [3.63, 3.8) is 0 Å². The first kappa shape index (κ1) is 13.8. The van der Waals surface area contributed by atoms with Crippen molar-refractivity contribution in [3.05, 3.63) is 0 Å². The third-order valence-electron chi connectivity index (χ3n) is 2.51. The third-order valence-corrected chi connectivity index (χ3v) is 2.51. The zero-order valence-corrected chi connectivity index (χ0v) is 10.5. The number of carboxylic acid groups (broad SMARTS) is 1. The average Bonchev–Trinajstić information content (AvgIpc) is 2.06. The third kappa shape index (κ3) is 4.22. The van der Waals surface area contributed by atoms with Gasteiger partial charge in [0, 0.05) is 13.1 Å². The van der Waals surface area contributed by atoms with Crippen molar-refractivity contribution in [2.45, 2.75) is 38.8 Å². The summed E-state index contributed by atoms with van der Waals surface area (Å²) in [6.45, 7) is 6.47. The molecule has 0 aromatic rings. The lowest BCUT2D eigenvalue weighted by atomic mass is 9.93. The Bertz CT molecular complexity index is 305. The first-order valence-corrected chi connectivity index (χ1v) is 5.65. The van der Waals surface area contributed by atoms with Crippen LogP contribution < -0.4 is 5.73 Å². The zero-order valence-electron chi connectivity index (χ0n) is 10.5. The Hall–Kier alpha value is -1.30. The molecule has 98 valence electrons. The Balaban J connectivity index is 2.27. The van der Waals surface area contributed by atoms with E-state index >= 15 is 0 Å². The first-order chi connectivity index (χ1) is 7.69. The number of carboxylic acids is 1. The Kier molecular flexibility index (Phi) is 3.98. The van der Waals surface area contributed by atoms with E-state index in [1.54, 1.807) is 4.90 Å². The minimum absolute atomic E-state index is 0.161. The number of carbonyl (C=O) groups is 2. The highest BCUT2D eigenvalue weighted by molar-refractivity contribution is 5.73. The molecule has 1 heterocycles. The average molecular weight is 244 g/mol. The maximum atomic E-state index is 11.6. The number of nitrogens with zero attached hydrogens (tertiary/aromatic N) is 1.